The van der Waals surface area contributed by atoms with E-state index in [-0.39, 0.29) is 0 Å². The molecule has 1 fully saturated rings. The van der Waals surface area contributed by atoms with Crippen LogP contribution in [-0.2, 0) is 0 Å². The van der Waals surface area contributed by atoms with E-state index < -0.39 is 0 Å². The largest absolute Gasteiger partial charge is 0.271 e. The minimum atomic E-state index is 0.319. The summed E-state index contributed by atoms with van der Waals surface area (Å²) in [6, 6.07) is 8.95. The van der Waals surface area contributed by atoms with Gasteiger partial charge in [-0.3, -0.25) is 11.3 Å². The van der Waals surface area contributed by atoms with Gasteiger partial charge in [-0.25, -0.2) is 0 Å². The lowest BCUT2D eigenvalue weighted by molar-refractivity contribution is 0.400. The maximum atomic E-state index is 5.68. The lowest BCUT2D eigenvalue weighted by Crippen LogP contribution is -2.33. The van der Waals surface area contributed by atoms with Crippen LogP contribution < -0.4 is 11.3 Å². The molecule has 82 valence electrons. The maximum absolute atomic E-state index is 5.68. The first-order chi connectivity index (χ1) is 7.31. The SMILES string of the molecule is Cc1cccc(C(NN)C2CCSC2)c1. The third kappa shape index (κ3) is 2.54. The zero-order chi connectivity index (χ0) is 10.7. The van der Waals surface area contributed by atoms with E-state index in [4.69, 9.17) is 5.84 Å². The molecule has 1 aliphatic rings. The van der Waals surface area contributed by atoms with Crippen LogP contribution in [-0.4, -0.2) is 11.5 Å². The van der Waals surface area contributed by atoms with Crippen molar-refractivity contribution >= 4 is 11.8 Å². The summed E-state index contributed by atoms with van der Waals surface area (Å²) in [6.45, 7) is 2.13. The third-order valence-corrected chi connectivity index (χ3v) is 4.21. The maximum Gasteiger partial charge on any atom is 0.0496 e. The minimum Gasteiger partial charge on any atom is -0.271 e. The lowest BCUT2D eigenvalue weighted by Gasteiger charge is -2.22. The van der Waals surface area contributed by atoms with Crippen LogP contribution in [0.4, 0.5) is 0 Å². The molecule has 1 aliphatic heterocycles. The van der Waals surface area contributed by atoms with Crippen molar-refractivity contribution in [2.24, 2.45) is 11.8 Å². The molecule has 0 amide bonds. The summed E-state index contributed by atoms with van der Waals surface area (Å²) in [5.74, 6) is 8.86. The van der Waals surface area contributed by atoms with Crippen LogP contribution in [0.15, 0.2) is 24.3 Å². The summed E-state index contributed by atoms with van der Waals surface area (Å²) in [5, 5.41) is 0. The molecule has 0 spiro atoms. The number of thioether (sulfide) groups is 1. The van der Waals surface area contributed by atoms with Crippen molar-refractivity contribution in [1.29, 1.82) is 0 Å². The van der Waals surface area contributed by atoms with Crippen LogP contribution in [0.3, 0.4) is 0 Å². The topological polar surface area (TPSA) is 38.0 Å². The number of aryl methyl sites for hydroxylation is 1. The van der Waals surface area contributed by atoms with Crippen molar-refractivity contribution in [3.8, 4) is 0 Å². The number of hydrogen-bond acceptors (Lipinski definition) is 3. The molecule has 2 rings (SSSR count). The molecule has 0 bridgehead atoms. The molecule has 1 aromatic carbocycles. The van der Waals surface area contributed by atoms with Crippen molar-refractivity contribution in [3.05, 3.63) is 35.4 Å². The van der Waals surface area contributed by atoms with Crippen LogP contribution in [0, 0.1) is 12.8 Å². The fraction of sp³-hybridized carbons (Fsp3) is 0.500. The standard InChI is InChI=1S/C12H18N2S/c1-9-3-2-4-10(7-9)12(14-13)11-5-6-15-8-11/h2-4,7,11-12,14H,5-6,8,13H2,1H3. The Balaban J connectivity index is 2.18. The Hall–Kier alpha value is -0.510. The normalized spacial score (nSPS) is 22.9. The van der Waals surface area contributed by atoms with E-state index in [1.165, 1.54) is 29.1 Å². The molecule has 0 radical (unpaired) electrons. The molecule has 0 aromatic heterocycles. The van der Waals surface area contributed by atoms with Crippen LogP contribution in [0.2, 0.25) is 0 Å². The van der Waals surface area contributed by atoms with E-state index >= 15 is 0 Å². The number of nitrogens with two attached hydrogens (primary N) is 1. The van der Waals surface area contributed by atoms with Gasteiger partial charge in [-0.15, -0.1) is 0 Å². The first kappa shape index (κ1) is 11.0. The van der Waals surface area contributed by atoms with Gasteiger partial charge >= 0.3 is 0 Å². The Morgan fingerprint density at radius 2 is 2.40 bits per heavy atom. The average Bonchev–Trinajstić information content (AvgIpc) is 2.72. The number of hydrazine groups is 1. The molecular weight excluding hydrogens is 204 g/mol. The summed E-state index contributed by atoms with van der Waals surface area (Å²) in [5.41, 5.74) is 5.60. The van der Waals surface area contributed by atoms with Gasteiger partial charge in [0.2, 0.25) is 0 Å². The van der Waals surface area contributed by atoms with Crippen LogP contribution in [0.25, 0.3) is 0 Å². The predicted molar refractivity (Wildman–Crippen MR) is 66.7 cm³/mol. The van der Waals surface area contributed by atoms with Crippen molar-refractivity contribution in [2.75, 3.05) is 11.5 Å². The number of nitrogens with one attached hydrogen (secondary N) is 1. The van der Waals surface area contributed by atoms with Gasteiger partial charge in [0.1, 0.15) is 0 Å². The summed E-state index contributed by atoms with van der Waals surface area (Å²) in [6.07, 6.45) is 1.27. The number of hydrogen-bond donors (Lipinski definition) is 2. The minimum absolute atomic E-state index is 0.319. The summed E-state index contributed by atoms with van der Waals surface area (Å²) in [7, 11) is 0. The van der Waals surface area contributed by atoms with Crippen molar-refractivity contribution in [3.63, 3.8) is 0 Å². The molecule has 2 nitrogen and oxygen atoms in total. The van der Waals surface area contributed by atoms with Crippen molar-refractivity contribution in [2.45, 2.75) is 19.4 Å². The molecular formula is C12H18N2S. The van der Waals surface area contributed by atoms with Gasteiger partial charge in [0, 0.05) is 6.04 Å². The molecule has 1 heterocycles. The molecule has 15 heavy (non-hydrogen) atoms. The van der Waals surface area contributed by atoms with Gasteiger partial charge in [0.05, 0.1) is 0 Å². The first-order valence-corrected chi connectivity index (χ1v) is 6.57. The quantitative estimate of drug-likeness (QED) is 0.608. The zero-order valence-electron chi connectivity index (χ0n) is 9.07. The fourth-order valence-corrected chi connectivity index (χ4v) is 3.48. The van der Waals surface area contributed by atoms with Crippen LogP contribution >= 0.6 is 11.8 Å². The van der Waals surface area contributed by atoms with Crippen molar-refractivity contribution < 1.29 is 0 Å². The van der Waals surface area contributed by atoms with E-state index in [1.54, 1.807) is 0 Å². The molecule has 0 saturated carbocycles. The highest BCUT2D eigenvalue weighted by molar-refractivity contribution is 7.99. The highest BCUT2D eigenvalue weighted by Gasteiger charge is 2.25. The second kappa shape index (κ2) is 5.01. The summed E-state index contributed by atoms with van der Waals surface area (Å²) >= 11 is 2.03. The highest BCUT2D eigenvalue weighted by Crippen LogP contribution is 2.33. The fourth-order valence-electron chi connectivity index (χ4n) is 2.18. The van der Waals surface area contributed by atoms with Gasteiger partial charge in [-0.05, 0) is 36.3 Å². The average molecular weight is 222 g/mol. The number of benzene rings is 1. The molecule has 0 aliphatic carbocycles. The lowest BCUT2D eigenvalue weighted by atomic mass is 9.92. The van der Waals surface area contributed by atoms with Crippen LogP contribution in [0.5, 0.6) is 0 Å². The second-order valence-electron chi connectivity index (χ2n) is 4.18. The van der Waals surface area contributed by atoms with Gasteiger partial charge in [-0.1, -0.05) is 29.8 Å². The van der Waals surface area contributed by atoms with Crippen LogP contribution in [0.1, 0.15) is 23.6 Å². The molecule has 1 aromatic rings. The number of rotatable bonds is 3. The van der Waals surface area contributed by atoms with Crippen molar-refractivity contribution in [1.82, 2.24) is 5.43 Å². The Bertz CT molecular complexity index is 321. The summed E-state index contributed by atoms with van der Waals surface area (Å²) in [4.78, 5) is 0. The Labute approximate surface area is 95.6 Å². The van der Waals surface area contributed by atoms with Gasteiger partial charge in [-0.2, -0.15) is 11.8 Å². The molecule has 2 unspecified atom stereocenters. The third-order valence-electron chi connectivity index (χ3n) is 3.02. The van der Waals surface area contributed by atoms with E-state index in [2.05, 4.69) is 36.6 Å². The zero-order valence-corrected chi connectivity index (χ0v) is 9.89. The van der Waals surface area contributed by atoms with Gasteiger partial charge < -0.3 is 0 Å². The van der Waals surface area contributed by atoms with Gasteiger partial charge in [0.15, 0.2) is 0 Å². The highest BCUT2D eigenvalue weighted by atomic mass is 32.2. The Morgan fingerprint density at radius 1 is 1.53 bits per heavy atom. The second-order valence-corrected chi connectivity index (χ2v) is 5.33. The van der Waals surface area contributed by atoms with E-state index in [0.717, 1.165) is 0 Å². The smallest absolute Gasteiger partial charge is 0.0496 e. The molecule has 3 N–H and O–H groups in total. The Morgan fingerprint density at radius 3 is 3.00 bits per heavy atom. The predicted octanol–water partition coefficient (Wildman–Crippen LogP) is 2.25. The van der Waals surface area contributed by atoms with E-state index in [0.29, 0.717) is 12.0 Å². The molecule has 2 atom stereocenters. The first-order valence-electron chi connectivity index (χ1n) is 5.41. The van der Waals surface area contributed by atoms with Gasteiger partial charge in [0.25, 0.3) is 0 Å². The summed E-state index contributed by atoms with van der Waals surface area (Å²) < 4.78 is 0. The monoisotopic (exact) mass is 222 g/mol. The molecule has 3 heteroatoms. The Kier molecular flexibility index (Phi) is 3.67. The molecule has 1 saturated heterocycles. The van der Waals surface area contributed by atoms with E-state index in [1.807, 2.05) is 11.8 Å². The van der Waals surface area contributed by atoms with E-state index in [9.17, 15) is 0 Å².